The van der Waals surface area contributed by atoms with Crippen LogP contribution >= 0.6 is 23.1 Å². The molecule has 0 fully saturated rings. The van der Waals surface area contributed by atoms with Crippen molar-refractivity contribution >= 4 is 40.6 Å². The van der Waals surface area contributed by atoms with Crippen LogP contribution in [0.5, 0.6) is 0 Å². The van der Waals surface area contributed by atoms with Crippen LogP contribution in [-0.4, -0.2) is 33.5 Å². The molecular formula is C17H21ClN4O2S. The van der Waals surface area contributed by atoms with Crippen LogP contribution in [0.25, 0.3) is 0 Å². The van der Waals surface area contributed by atoms with E-state index in [1.165, 1.54) is 4.90 Å². The summed E-state index contributed by atoms with van der Waals surface area (Å²) in [4.78, 5) is 26.7. The van der Waals surface area contributed by atoms with E-state index in [0.29, 0.717) is 10.7 Å². The van der Waals surface area contributed by atoms with Crippen LogP contribution in [0.15, 0.2) is 23.6 Å². The first kappa shape index (κ1) is 19.3. The summed E-state index contributed by atoms with van der Waals surface area (Å²) in [6.07, 6.45) is 0.777. The van der Waals surface area contributed by atoms with Crippen LogP contribution < -0.4 is 10.2 Å². The van der Waals surface area contributed by atoms with E-state index < -0.39 is 0 Å². The molecule has 0 spiro atoms. The molecule has 0 aliphatic carbocycles. The van der Waals surface area contributed by atoms with E-state index in [4.69, 9.17) is 11.6 Å². The molecule has 1 heterocycles. The molecule has 1 aromatic carbocycles. The summed E-state index contributed by atoms with van der Waals surface area (Å²) in [5, 5.41) is 8.82. The van der Waals surface area contributed by atoms with Crippen molar-refractivity contribution in [2.24, 2.45) is 0 Å². The maximum Gasteiger partial charge on any atom is 0.280 e. The van der Waals surface area contributed by atoms with Crippen LogP contribution in [-0.2, 0) is 4.79 Å². The van der Waals surface area contributed by atoms with Gasteiger partial charge in [0, 0.05) is 21.6 Å². The SMILES string of the molecule is CCC(C)(C)NC(=O)CN(C(=O)c1csnn1)c1cc(Cl)ccc1C. The number of nitrogens with zero attached hydrogens (tertiary/aromatic N) is 3. The summed E-state index contributed by atoms with van der Waals surface area (Å²) < 4.78 is 3.73. The van der Waals surface area contributed by atoms with Crippen molar-refractivity contribution in [1.82, 2.24) is 14.9 Å². The minimum atomic E-state index is -0.386. The Morgan fingerprint density at radius 3 is 2.68 bits per heavy atom. The number of carbonyl (C=O) groups is 2. The number of carbonyl (C=O) groups excluding carboxylic acids is 2. The van der Waals surface area contributed by atoms with E-state index >= 15 is 0 Å². The van der Waals surface area contributed by atoms with Gasteiger partial charge in [0.2, 0.25) is 5.91 Å². The molecule has 8 heteroatoms. The Bertz CT molecular complexity index is 762. The summed E-state index contributed by atoms with van der Waals surface area (Å²) in [5.74, 6) is -0.633. The molecule has 0 saturated heterocycles. The third-order valence-electron chi connectivity index (χ3n) is 3.95. The number of benzene rings is 1. The van der Waals surface area contributed by atoms with Crippen molar-refractivity contribution in [3.63, 3.8) is 0 Å². The van der Waals surface area contributed by atoms with E-state index in [0.717, 1.165) is 23.5 Å². The lowest BCUT2D eigenvalue weighted by molar-refractivity contribution is -0.121. The van der Waals surface area contributed by atoms with Crippen molar-refractivity contribution in [3.05, 3.63) is 39.9 Å². The van der Waals surface area contributed by atoms with Gasteiger partial charge < -0.3 is 5.32 Å². The lowest BCUT2D eigenvalue weighted by Gasteiger charge is -2.28. The van der Waals surface area contributed by atoms with Crippen molar-refractivity contribution in [1.29, 1.82) is 0 Å². The van der Waals surface area contributed by atoms with Crippen LogP contribution in [0.4, 0.5) is 5.69 Å². The predicted octanol–water partition coefficient (Wildman–Crippen LogP) is 3.45. The highest BCUT2D eigenvalue weighted by atomic mass is 35.5. The molecule has 1 N–H and O–H groups in total. The number of hydrogen-bond acceptors (Lipinski definition) is 5. The topological polar surface area (TPSA) is 75.2 Å². The van der Waals surface area contributed by atoms with Gasteiger partial charge in [0.25, 0.3) is 5.91 Å². The van der Waals surface area contributed by atoms with Crippen molar-refractivity contribution in [3.8, 4) is 0 Å². The molecule has 0 unspecified atom stereocenters. The molecule has 1 aromatic heterocycles. The minimum absolute atomic E-state index is 0.124. The van der Waals surface area contributed by atoms with Crippen LogP contribution in [0.3, 0.4) is 0 Å². The van der Waals surface area contributed by atoms with Gasteiger partial charge in [-0.2, -0.15) is 0 Å². The van der Waals surface area contributed by atoms with E-state index in [-0.39, 0.29) is 29.6 Å². The Hall–Kier alpha value is -1.99. The third-order valence-corrected chi connectivity index (χ3v) is 4.69. The largest absolute Gasteiger partial charge is 0.350 e. The number of anilines is 1. The van der Waals surface area contributed by atoms with Crippen LogP contribution in [0, 0.1) is 6.92 Å². The van der Waals surface area contributed by atoms with Crippen LogP contribution in [0.2, 0.25) is 5.02 Å². The summed E-state index contributed by atoms with van der Waals surface area (Å²) >= 11 is 7.18. The molecule has 0 bridgehead atoms. The molecule has 2 aromatic rings. The van der Waals surface area contributed by atoms with Gasteiger partial charge in [0.15, 0.2) is 5.69 Å². The van der Waals surface area contributed by atoms with Gasteiger partial charge in [-0.15, -0.1) is 5.10 Å². The third kappa shape index (κ3) is 4.99. The number of aryl methyl sites for hydroxylation is 1. The molecule has 0 radical (unpaired) electrons. The lowest BCUT2D eigenvalue weighted by Crippen LogP contribution is -2.48. The fourth-order valence-electron chi connectivity index (χ4n) is 2.18. The summed E-state index contributed by atoms with van der Waals surface area (Å²) in [7, 11) is 0. The van der Waals surface area contributed by atoms with Crippen molar-refractivity contribution in [2.45, 2.75) is 39.7 Å². The smallest absolute Gasteiger partial charge is 0.280 e. The molecule has 0 atom stereocenters. The van der Waals surface area contributed by atoms with Gasteiger partial charge in [-0.25, -0.2) is 0 Å². The Kier molecular flexibility index (Phi) is 6.13. The van der Waals surface area contributed by atoms with Crippen molar-refractivity contribution < 1.29 is 9.59 Å². The van der Waals surface area contributed by atoms with Gasteiger partial charge in [0.05, 0.1) is 0 Å². The predicted molar refractivity (Wildman–Crippen MR) is 100 cm³/mol. The second kappa shape index (κ2) is 7.93. The maximum absolute atomic E-state index is 12.8. The Morgan fingerprint density at radius 1 is 1.36 bits per heavy atom. The number of nitrogens with one attached hydrogen (secondary N) is 1. The minimum Gasteiger partial charge on any atom is -0.350 e. The average Bonchev–Trinajstić information content (AvgIpc) is 3.08. The van der Waals surface area contributed by atoms with Gasteiger partial charge >= 0.3 is 0 Å². The standard InChI is InChI=1S/C17H21ClN4O2S/c1-5-17(3,4)19-15(23)9-22(16(24)13-10-25-21-20-13)14-8-12(18)7-6-11(14)2/h6-8,10H,5,9H2,1-4H3,(H,19,23). The summed E-state index contributed by atoms with van der Waals surface area (Å²) in [5.41, 5.74) is 1.27. The molecule has 2 rings (SSSR count). The first-order valence-electron chi connectivity index (χ1n) is 7.89. The maximum atomic E-state index is 12.8. The average molecular weight is 381 g/mol. The molecule has 6 nitrogen and oxygen atoms in total. The first-order chi connectivity index (χ1) is 11.7. The number of amides is 2. The summed E-state index contributed by atoms with van der Waals surface area (Å²) in [6, 6.07) is 5.23. The second-order valence-electron chi connectivity index (χ2n) is 6.40. The van der Waals surface area contributed by atoms with Gasteiger partial charge in [-0.3, -0.25) is 14.5 Å². The zero-order valence-electron chi connectivity index (χ0n) is 14.7. The van der Waals surface area contributed by atoms with Crippen molar-refractivity contribution in [2.75, 3.05) is 11.4 Å². The summed E-state index contributed by atoms with van der Waals surface area (Å²) in [6.45, 7) is 7.60. The lowest BCUT2D eigenvalue weighted by atomic mass is 10.0. The van der Waals surface area contributed by atoms with Gasteiger partial charge in [-0.05, 0) is 56.4 Å². The molecule has 0 aliphatic heterocycles. The molecule has 2 amide bonds. The zero-order valence-corrected chi connectivity index (χ0v) is 16.2. The monoisotopic (exact) mass is 380 g/mol. The highest BCUT2D eigenvalue weighted by molar-refractivity contribution is 7.03. The fraction of sp³-hybridized carbons (Fsp3) is 0.412. The second-order valence-corrected chi connectivity index (χ2v) is 7.44. The molecular weight excluding hydrogens is 360 g/mol. The molecule has 0 saturated carbocycles. The highest BCUT2D eigenvalue weighted by Gasteiger charge is 2.26. The van der Waals surface area contributed by atoms with E-state index in [1.807, 2.05) is 33.8 Å². The molecule has 0 aliphatic rings. The Balaban J connectivity index is 2.34. The number of halogens is 1. The normalized spacial score (nSPS) is 11.2. The number of hydrogen-bond donors (Lipinski definition) is 1. The van der Waals surface area contributed by atoms with E-state index in [2.05, 4.69) is 14.9 Å². The van der Waals surface area contributed by atoms with E-state index in [1.54, 1.807) is 17.5 Å². The Labute approximate surface area is 156 Å². The number of aromatic nitrogens is 2. The van der Waals surface area contributed by atoms with Crippen LogP contribution in [0.1, 0.15) is 43.2 Å². The first-order valence-corrected chi connectivity index (χ1v) is 9.11. The molecule has 25 heavy (non-hydrogen) atoms. The fourth-order valence-corrected chi connectivity index (χ4v) is 2.78. The Morgan fingerprint density at radius 2 is 2.08 bits per heavy atom. The molecule has 134 valence electrons. The quantitative estimate of drug-likeness (QED) is 0.832. The zero-order chi connectivity index (χ0) is 18.6. The van der Waals surface area contributed by atoms with Gasteiger partial charge in [-0.1, -0.05) is 29.1 Å². The highest BCUT2D eigenvalue weighted by Crippen LogP contribution is 2.25. The van der Waals surface area contributed by atoms with E-state index in [9.17, 15) is 9.59 Å². The number of rotatable bonds is 6. The van der Waals surface area contributed by atoms with Gasteiger partial charge in [0.1, 0.15) is 6.54 Å².